The highest BCUT2D eigenvalue weighted by atomic mass is 19.4. The summed E-state index contributed by atoms with van der Waals surface area (Å²) in [5, 5.41) is 6.82. The van der Waals surface area contributed by atoms with Crippen molar-refractivity contribution in [3.8, 4) is 22.8 Å². The predicted molar refractivity (Wildman–Crippen MR) is 118 cm³/mol. The van der Waals surface area contributed by atoms with E-state index in [4.69, 9.17) is 9.47 Å². The molecule has 0 spiro atoms. The maximum absolute atomic E-state index is 14.3. The number of rotatable bonds is 8. The molecule has 0 aliphatic heterocycles. The molecule has 9 nitrogen and oxygen atoms in total. The molecule has 0 bridgehead atoms. The smallest absolute Gasteiger partial charge is 0.494 e. The first-order valence-corrected chi connectivity index (χ1v) is 10.4. The minimum absolute atomic E-state index is 0.0865. The van der Waals surface area contributed by atoms with Gasteiger partial charge in [0, 0.05) is 25.1 Å². The zero-order valence-corrected chi connectivity index (χ0v) is 18.9. The van der Waals surface area contributed by atoms with Gasteiger partial charge in [0.1, 0.15) is 11.3 Å². The van der Waals surface area contributed by atoms with Crippen LogP contribution in [0.15, 0.2) is 55.1 Å². The molecule has 188 valence electrons. The number of hydrogen-bond donors (Lipinski definition) is 1. The van der Waals surface area contributed by atoms with Crippen molar-refractivity contribution in [2.75, 3.05) is 20.8 Å². The van der Waals surface area contributed by atoms with E-state index >= 15 is 0 Å². The lowest BCUT2D eigenvalue weighted by Crippen LogP contribution is -2.31. The van der Waals surface area contributed by atoms with Crippen LogP contribution in [-0.4, -0.2) is 52.7 Å². The molecule has 1 aromatic carbocycles. The lowest BCUT2D eigenvalue weighted by molar-refractivity contribution is -0.275. The minimum Gasteiger partial charge on any atom is -0.494 e. The Hall–Kier alpha value is -4.26. The monoisotopic (exact) mass is 505 g/mol. The minimum atomic E-state index is -5.04. The van der Waals surface area contributed by atoms with E-state index in [2.05, 4.69) is 25.1 Å². The highest BCUT2D eigenvalue weighted by Crippen LogP contribution is 2.29. The quantitative estimate of drug-likeness (QED) is 0.362. The Bertz CT molecular complexity index is 1390. The van der Waals surface area contributed by atoms with Crippen molar-refractivity contribution in [2.45, 2.75) is 12.4 Å². The number of amides is 1. The summed E-state index contributed by atoms with van der Waals surface area (Å²) in [6.07, 6.45) is 1.00. The number of aromatic nitrogens is 4. The molecule has 0 unspecified atom stereocenters. The first-order chi connectivity index (χ1) is 17.2. The third kappa shape index (κ3) is 5.35. The zero-order valence-electron chi connectivity index (χ0n) is 18.9. The second-order valence-corrected chi connectivity index (χ2v) is 7.43. The summed E-state index contributed by atoms with van der Waals surface area (Å²) in [5.74, 6) is -2.34. The summed E-state index contributed by atoms with van der Waals surface area (Å²) in [5.41, 5.74) is 1.68. The van der Waals surface area contributed by atoms with Crippen LogP contribution < -0.4 is 14.8 Å². The van der Waals surface area contributed by atoms with E-state index in [0.717, 1.165) is 12.1 Å². The Balaban J connectivity index is 1.62. The van der Waals surface area contributed by atoms with E-state index in [1.165, 1.54) is 37.2 Å². The van der Waals surface area contributed by atoms with Crippen LogP contribution in [0.25, 0.3) is 16.9 Å². The summed E-state index contributed by atoms with van der Waals surface area (Å²) >= 11 is 0. The second kappa shape index (κ2) is 10.2. The molecule has 0 fully saturated rings. The van der Waals surface area contributed by atoms with Gasteiger partial charge in [-0.3, -0.25) is 9.78 Å². The Morgan fingerprint density at radius 1 is 1.14 bits per heavy atom. The highest BCUT2D eigenvalue weighted by Gasteiger charge is 2.32. The number of alkyl halides is 3. The van der Waals surface area contributed by atoms with E-state index < -0.39 is 29.9 Å². The van der Waals surface area contributed by atoms with Crippen molar-refractivity contribution in [3.05, 3.63) is 72.1 Å². The maximum atomic E-state index is 14.3. The molecule has 0 saturated carbocycles. The van der Waals surface area contributed by atoms with E-state index in [0.29, 0.717) is 17.0 Å². The first-order valence-electron chi connectivity index (χ1n) is 10.4. The number of pyridine rings is 1. The lowest BCUT2D eigenvalue weighted by atomic mass is 10.1. The normalized spacial score (nSPS) is 12.4. The molecule has 1 amide bonds. The molecule has 0 aliphatic carbocycles. The molecular formula is C23H19F4N5O4. The van der Waals surface area contributed by atoms with E-state index in [-0.39, 0.29) is 23.4 Å². The Morgan fingerprint density at radius 2 is 1.94 bits per heavy atom. The molecule has 4 aromatic rings. The number of nitrogens with one attached hydrogen (secondary N) is 1. The molecule has 0 radical (unpaired) electrons. The summed E-state index contributed by atoms with van der Waals surface area (Å²) in [6.45, 7) is -0.0865. The molecule has 3 heterocycles. The number of halogens is 4. The molecule has 36 heavy (non-hydrogen) atoms. The maximum Gasteiger partial charge on any atom is 0.573 e. The number of carbonyl (C=O) groups excluding carboxylic acids is 1. The van der Waals surface area contributed by atoms with Crippen molar-refractivity contribution < 1.29 is 36.6 Å². The van der Waals surface area contributed by atoms with Crippen LogP contribution in [0.3, 0.4) is 0 Å². The van der Waals surface area contributed by atoms with Crippen molar-refractivity contribution in [1.82, 2.24) is 24.9 Å². The average Bonchev–Trinajstić information content (AvgIpc) is 3.27. The van der Waals surface area contributed by atoms with Gasteiger partial charge in [-0.25, -0.2) is 13.9 Å². The van der Waals surface area contributed by atoms with Crippen LogP contribution in [0.5, 0.6) is 11.5 Å². The van der Waals surface area contributed by atoms with Gasteiger partial charge in [0.05, 0.1) is 37.8 Å². The van der Waals surface area contributed by atoms with Crippen LogP contribution in [0.4, 0.5) is 17.6 Å². The Morgan fingerprint density at radius 3 is 2.64 bits per heavy atom. The van der Waals surface area contributed by atoms with Crippen LogP contribution in [0.2, 0.25) is 0 Å². The van der Waals surface area contributed by atoms with Gasteiger partial charge in [-0.2, -0.15) is 5.10 Å². The third-order valence-electron chi connectivity index (χ3n) is 5.12. The van der Waals surface area contributed by atoms with Gasteiger partial charge < -0.3 is 19.5 Å². The van der Waals surface area contributed by atoms with Gasteiger partial charge in [-0.15, -0.1) is 13.2 Å². The topological polar surface area (TPSA) is 99.9 Å². The van der Waals surface area contributed by atoms with Gasteiger partial charge in [0.2, 0.25) is 0 Å². The summed E-state index contributed by atoms with van der Waals surface area (Å²) in [4.78, 5) is 21.7. The van der Waals surface area contributed by atoms with Crippen molar-refractivity contribution in [2.24, 2.45) is 0 Å². The number of hydrogen-bond acceptors (Lipinski definition) is 7. The fourth-order valence-electron chi connectivity index (χ4n) is 3.50. The number of ether oxygens (including phenoxy) is 3. The second-order valence-electron chi connectivity index (χ2n) is 7.43. The molecule has 1 atom stereocenters. The average molecular weight is 505 g/mol. The fraction of sp³-hybridized carbons (Fsp3) is 0.217. The van der Waals surface area contributed by atoms with E-state index in [1.807, 2.05) is 0 Å². The van der Waals surface area contributed by atoms with Gasteiger partial charge in [0.25, 0.3) is 5.91 Å². The van der Waals surface area contributed by atoms with Gasteiger partial charge >= 0.3 is 6.36 Å². The van der Waals surface area contributed by atoms with Crippen LogP contribution in [0.1, 0.15) is 22.0 Å². The Labute approximate surface area is 201 Å². The zero-order chi connectivity index (χ0) is 25.9. The van der Waals surface area contributed by atoms with Gasteiger partial charge in [0.15, 0.2) is 17.2 Å². The van der Waals surface area contributed by atoms with Gasteiger partial charge in [-0.1, -0.05) is 6.07 Å². The summed E-state index contributed by atoms with van der Waals surface area (Å²) < 4.78 is 67.1. The number of benzene rings is 1. The van der Waals surface area contributed by atoms with E-state index in [1.54, 1.807) is 24.5 Å². The number of carbonyl (C=O) groups is 1. The highest BCUT2D eigenvalue weighted by molar-refractivity contribution is 6.00. The largest absolute Gasteiger partial charge is 0.573 e. The predicted octanol–water partition coefficient (Wildman–Crippen LogP) is 3.96. The van der Waals surface area contributed by atoms with E-state index in [9.17, 15) is 22.4 Å². The first kappa shape index (κ1) is 24.9. The molecule has 0 aliphatic rings. The van der Waals surface area contributed by atoms with Crippen molar-refractivity contribution in [3.63, 3.8) is 0 Å². The Kier molecular flexibility index (Phi) is 7.01. The molecule has 3 aromatic heterocycles. The number of fused-ring (bicyclic) bond motifs is 1. The number of methoxy groups -OCH3 is 2. The molecular weight excluding hydrogens is 486 g/mol. The molecule has 13 heteroatoms. The third-order valence-corrected chi connectivity index (χ3v) is 5.12. The van der Waals surface area contributed by atoms with Crippen LogP contribution in [0, 0.1) is 5.82 Å². The standard InChI is InChI=1S/C23H19F4N5O4/c1-34-12-18(13-3-4-19(16(24)9-13)36-23(25,26)27)31-22(33)15-10-29-32-8-6-17(30-21(15)32)14-5-7-28-11-20(14)35-2/h3-11,18H,12H2,1-2H3,(H,31,33)/t18-/m1/s1. The molecule has 0 saturated heterocycles. The summed E-state index contributed by atoms with van der Waals surface area (Å²) in [7, 11) is 2.86. The lowest BCUT2D eigenvalue weighted by Gasteiger charge is -2.19. The molecule has 4 rings (SSSR count). The summed E-state index contributed by atoms with van der Waals surface area (Å²) in [6, 6.07) is 5.39. The molecule has 1 N–H and O–H groups in total. The van der Waals surface area contributed by atoms with Gasteiger partial charge in [-0.05, 0) is 29.8 Å². The van der Waals surface area contributed by atoms with Crippen molar-refractivity contribution >= 4 is 11.6 Å². The SMILES string of the molecule is COC[C@@H](NC(=O)c1cnn2ccc(-c3ccncc3OC)nc12)c1ccc(OC(F)(F)F)c(F)c1. The van der Waals surface area contributed by atoms with Crippen molar-refractivity contribution in [1.29, 1.82) is 0 Å². The fourth-order valence-corrected chi connectivity index (χ4v) is 3.50. The number of nitrogens with zero attached hydrogens (tertiary/aromatic N) is 4. The van der Waals surface area contributed by atoms with Crippen LogP contribution >= 0.6 is 0 Å². The van der Waals surface area contributed by atoms with Crippen LogP contribution in [-0.2, 0) is 4.74 Å².